The van der Waals surface area contributed by atoms with Crippen molar-refractivity contribution in [3.8, 4) is 0 Å². The number of alkyl halides is 3. The van der Waals surface area contributed by atoms with Gasteiger partial charge in [0.25, 0.3) is 0 Å². The van der Waals surface area contributed by atoms with Crippen molar-refractivity contribution in [1.82, 2.24) is 0 Å². The Morgan fingerprint density at radius 1 is 1.11 bits per heavy atom. The van der Waals surface area contributed by atoms with Gasteiger partial charge in [-0.25, -0.2) is 0 Å². The first-order valence-corrected chi connectivity index (χ1v) is 6.30. The van der Waals surface area contributed by atoms with Crippen molar-refractivity contribution in [2.24, 2.45) is 17.8 Å². The van der Waals surface area contributed by atoms with Gasteiger partial charge in [0, 0.05) is 0 Å². The number of rotatable bonds is 2. The van der Waals surface area contributed by atoms with Crippen molar-refractivity contribution in [3.05, 3.63) is 35.4 Å². The van der Waals surface area contributed by atoms with Crippen molar-refractivity contribution in [1.29, 1.82) is 0 Å². The maximum absolute atomic E-state index is 12.6. The van der Waals surface area contributed by atoms with E-state index < -0.39 is 17.8 Å². The van der Waals surface area contributed by atoms with Crippen molar-refractivity contribution in [3.63, 3.8) is 0 Å². The highest BCUT2D eigenvalue weighted by atomic mass is 19.4. The number of aliphatic hydroxyl groups is 1. The predicted octanol–water partition coefficient (Wildman–Crippen LogP) is 3.78. The molecule has 3 rings (SSSR count). The van der Waals surface area contributed by atoms with Crippen molar-refractivity contribution < 1.29 is 18.3 Å². The van der Waals surface area contributed by atoms with Gasteiger partial charge >= 0.3 is 6.18 Å². The molecule has 0 spiro atoms. The van der Waals surface area contributed by atoms with E-state index in [-0.39, 0.29) is 5.92 Å². The zero-order valence-corrected chi connectivity index (χ0v) is 9.82. The first kappa shape index (κ1) is 12.0. The van der Waals surface area contributed by atoms with E-state index in [0.29, 0.717) is 5.56 Å². The van der Waals surface area contributed by atoms with E-state index in [1.807, 2.05) is 0 Å². The van der Waals surface area contributed by atoms with E-state index >= 15 is 0 Å². The van der Waals surface area contributed by atoms with Gasteiger partial charge in [-0.05, 0) is 54.7 Å². The third-order valence-corrected chi connectivity index (χ3v) is 4.28. The Hall–Kier alpha value is -1.03. The molecule has 2 saturated carbocycles. The van der Waals surface area contributed by atoms with Crippen LogP contribution in [0.2, 0.25) is 0 Å². The fourth-order valence-corrected chi connectivity index (χ4v) is 3.19. The molecule has 1 aromatic rings. The van der Waals surface area contributed by atoms with Crippen molar-refractivity contribution in [2.45, 2.75) is 31.5 Å². The summed E-state index contributed by atoms with van der Waals surface area (Å²) in [6.07, 6.45) is -1.93. The van der Waals surface area contributed by atoms with E-state index in [9.17, 15) is 18.3 Å². The van der Waals surface area contributed by atoms with Crippen LogP contribution in [-0.2, 0) is 6.18 Å². The van der Waals surface area contributed by atoms with Crippen molar-refractivity contribution in [2.75, 3.05) is 0 Å². The second kappa shape index (κ2) is 3.98. The highest BCUT2D eigenvalue weighted by molar-refractivity contribution is 5.28. The second-order valence-corrected chi connectivity index (χ2v) is 5.56. The molecule has 0 heterocycles. The molecular weight excluding hydrogens is 241 g/mol. The van der Waals surface area contributed by atoms with Gasteiger partial charge in [-0.3, -0.25) is 0 Å². The molecule has 0 amide bonds. The van der Waals surface area contributed by atoms with Crippen LogP contribution < -0.4 is 0 Å². The smallest absolute Gasteiger partial charge is 0.388 e. The molecule has 2 aliphatic rings. The van der Waals surface area contributed by atoms with Crippen LogP contribution in [0.3, 0.4) is 0 Å². The lowest BCUT2D eigenvalue weighted by molar-refractivity contribution is -0.137. The Morgan fingerprint density at radius 2 is 1.78 bits per heavy atom. The Morgan fingerprint density at radius 3 is 2.39 bits per heavy atom. The number of fused-ring (bicyclic) bond motifs is 1. The largest absolute Gasteiger partial charge is 0.416 e. The predicted molar refractivity (Wildman–Crippen MR) is 60.7 cm³/mol. The summed E-state index contributed by atoms with van der Waals surface area (Å²) >= 11 is 0. The first-order valence-electron chi connectivity index (χ1n) is 6.30. The van der Waals surface area contributed by atoms with Gasteiger partial charge in [0.1, 0.15) is 0 Å². The summed E-state index contributed by atoms with van der Waals surface area (Å²) in [5.74, 6) is 1.57. The van der Waals surface area contributed by atoms with E-state index in [1.165, 1.54) is 12.5 Å². The first-order chi connectivity index (χ1) is 8.45. The second-order valence-electron chi connectivity index (χ2n) is 5.56. The van der Waals surface area contributed by atoms with E-state index in [0.717, 1.165) is 36.8 Å². The molecule has 98 valence electrons. The molecule has 2 fully saturated rings. The van der Waals surface area contributed by atoms with E-state index in [1.54, 1.807) is 6.07 Å². The zero-order valence-electron chi connectivity index (χ0n) is 9.82. The van der Waals surface area contributed by atoms with Gasteiger partial charge in [-0.15, -0.1) is 0 Å². The summed E-state index contributed by atoms with van der Waals surface area (Å²) in [7, 11) is 0. The Bertz CT molecular complexity index is 445. The number of halogens is 3. The minimum absolute atomic E-state index is 0.136. The molecule has 0 bridgehead atoms. The average molecular weight is 256 g/mol. The summed E-state index contributed by atoms with van der Waals surface area (Å²) in [6, 6.07) is 5.08. The van der Waals surface area contributed by atoms with Crippen LogP contribution in [0.5, 0.6) is 0 Å². The molecule has 2 aliphatic carbocycles. The average Bonchev–Trinajstić information content (AvgIpc) is 2.94. The van der Waals surface area contributed by atoms with Crippen LogP contribution in [0.15, 0.2) is 24.3 Å². The summed E-state index contributed by atoms with van der Waals surface area (Å²) in [5, 5.41) is 10.2. The SMILES string of the molecule is OC(c1cccc(C(F)(F)F)c1)C1CC2CC2C1. The van der Waals surface area contributed by atoms with Gasteiger partial charge in [-0.1, -0.05) is 12.1 Å². The number of benzene rings is 1. The molecule has 1 N–H and O–H groups in total. The molecule has 3 atom stereocenters. The molecular formula is C14H15F3O. The Balaban J connectivity index is 1.79. The van der Waals surface area contributed by atoms with Gasteiger partial charge in [-0.2, -0.15) is 13.2 Å². The zero-order chi connectivity index (χ0) is 12.9. The minimum atomic E-state index is -4.34. The molecule has 0 aliphatic heterocycles. The van der Waals surface area contributed by atoms with Crippen LogP contribution >= 0.6 is 0 Å². The van der Waals surface area contributed by atoms with Crippen LogP contribution in [-0.4, -0.2) is 5.11 Å². The van der Waals surface area contributed by atoms with Gasteiger partial charge in [0.2, 0.25) is 0 Å². The molecule has 0 aromatic heterocycles. The van der Waals surface area contributed by atoms with E-state index in [2.05, 4.69) is 0 Å². The highest BCUT2D eigenvalue weighted by Gasteiger charge is 2.48. The highest BCUT2D eigenvalue weighted by Crippen LogP contribution is 2.57. The fourth-order valence-electron chi connectivity index (χ4n) is 3.19. The molecule has 0 saturated heterocycles. The van der Waals surface area contributed by atoms with Gasteiger partial charge in [0.15, 0.2) is 0 Å². The standard InChI is InChI=1S/C14H15F3O/c15-14(16,17)12-3-1-2-8(7-12)13(18)11-5-9-4-10(9)6-11/h1-3,7,9-11,13,18H,4-6H2. The molecule has 0 radical (unpaired) electrons. The number of hydrogen-bond donors (Lipinski definition) is 1. The lowest BCUT2D eigenvalue weighted by Gasteiger charge is -2.20. The summed E-state index contributed by atoms with van der Waals surface area (Å²) in [4.78, 5) is 0. The van der Waals surface area contributed by atoms with E-state index in [4.69, 9.17) is 0 Å². The maximum Gasteiger partial charge on any atom is 0.416 e. The maximum atomic E-state index is 12.6. The van der Waals surface area contributed by atoms with Gasteiger partial charge < -0.3 is 5.11 Å². The molecule has 1 aromatic carbocycles. The monoisotopic (exact) mass is 256 g/mol. The quantitative estimate of drug-likeness (QED) is 0.853. The summed E-state index contributed by atoms with van der Waals surface area (Å²) in [5.41, 5.74) is -0.279. The van der Waals surface area contributed by atoms with Crippen molar-refractivity contribution >= 4 is 0 Å². The molecule has 18 heavy (non-hydrogen) atoms. The summed E-state index contributed by atoms with van der Waals surface area (Å²) < 4.78 is 37.8. The number of hydrogen-bond acceptors (Lipinski definition) is 1. The Labute approximate surface area is 104 Å². The number of aliphatic hydroxyl groups excluding tert-OH is 1. The normalized spacial score (nSPS) is 32.1. The molecule has 1 nitrogen and oxygen atoms in total. The molecule has 3 unspecified atom stereocenters. The lowest BCUT2D eigenvalue weighted by atomic mass is 9.91. The third kappa shape index (κ3) is 2.14. The topological polar surface area (TPSA) is 20.2 Å². The third-order valence-electron chi connectivity index (χ3n) is 4.28. The minimum Gasteiger partial charge on any atom is -0.388 e. The lowest BCUT2D eigenvalue weighted by Crippen LogP contribution is -2.12. The fraction of sp³-hybridized carbons (Fsp3) is 0.571. The van der Waals surface area contributed by atoms with Crippen LogP contribution in [0, 0.1) is 17.8 Å². The van der Waals surface area contributed by atoms with Crippen LogP contribution in [0.4, 0.5) is 13.2 Å². The van der Waals surface area contributed by atoms with Crippen LogP contribution in [0.1, 0.15) is 36.5 Å². The molecule has 4 heteroatoms. The van der Waals surface area contributed by atoms with Crippen LogP contribution in [0.25, 0.3) is 0 Å². The Kier molecular flexibility index (Phi) is 2.66. The van der Waals surface area contributed by atoms with Gasteiger partial charge in [0.05, 0.1) is 11.7 Å². The summed E-state index contributed by atoms with van der Waals surface area (Å²) in [6.45, 7) is 0.